The van der Waals surface area contributed by atoms with Crippen molar-refractivity contribution in [2.45, 2.75) is 26.7 Å². The van der Waals surface area contributed by atoms with E-state index in [9.17, 15) is 22.0 Å². The second-order valence-electron chi connectivity index (χ2n) is 4.41. The molecule has 1 aromatic carbocycles. The van der Waals surface area contributed by atoms with Crippen LogP contribution in [-0.4, -0.2) is 6.54 Å². The van der Waals surface area contributed by atoms with E-state index in [4.69, 9.17) is 0 Å². The lowest BCUT2D eigenvalue weighted by molar-refractivity contribution is 0.381. The van der Waals surface area contributed by atoms with Gasteiger partial charge in [0.2, 0.25) is 5.82 Å². The third kappa shape index (κ3) is 3.11. The normalized spacial score (nSPS) is 11.1. The van der Waals surface area contributed by atoms with Crippen LogP contribution >= 0.6 is 0 Å². The molecule has 1 aromatic rings. The Bertz CT molecular complexity index is 402. The average Bonchev–Trinajstić information content (AvgIpc) is 2.32. The highest BCUT2D eigenvalue weighted by Crippen LogP contribution is 2.27. The highest BCUT2D eigenvalue weighted by atomic mass is 19.2. The van der Waals surface area contributed by atoms with E-state index in [1.165, 1.54) is 0 Å². The summed E-state index contributed by atoms with van der Waals surface area (Å²) < 4.78 is 64.8. The molecule has 0 saturated heterocycles. The van der Waals surface area contributed by atoms with E-state index < -0.39 is 34.8 Å². The Morgan fingerprint density at radius 2 is 1.28 bits per heavy atom. The SMILES string of the molecule is CC(C)CCCNc1c(F)c(F)c(F)c(F)c1F. The standard InChI is InChI=1S/C12H14F5N/c1-6(2)4-3-5-18-12-10(16)8(14)7(13)9(15)11(12)17/h6,18H,3-5H2,1-2H3. The van der Waals surface area contributed by atoms with Crippen molar-refractivity contribution >= 4 is 5.69 Å². The van der Waals surface area contributed by atoms with Gasteiger partial charge >= 0.3 is 0 Å². The first-order chi connectivity index (χ1) is 8.36. The van der Waals surface area contributed by atoms with Crippen molar-refractivity contribution in [1.29, 1.82) is 0 Å². The van der Waals surface area contributed by atoms with Crippen LogP contribution in [0.5, 0.6) is 0 Å². The molecule has 0 amide bonds. The Kier molecular flexibility index (Phi) is 4.93. The minimum atomic E-state index is -2.14. The van der Waals surface area contributed by atoms with Gasteiger partial charge in [0.1, 0.15) is 5.69 Å². The van der Waals surface area contributed by atoms with E-state index >= 15 is 0 Å². The van der Waals surface area contributed by atoms with Gasteiger partial charge in [-0.15, -0.1) is 0 Å². The van der Waals surface area contributed by atoms with Gasteiger partial charge in [-0.1, -0.05) is 13.8 Å². The molecule has 0 bridgehead atoms. The first kappa shape index (κ1) is 14.7. The molecule has 0 heterocycles. The number of benzene rings is 1. The van der Waals surface area contributed by atoms with Crippen LogP contribution in [0.2, 0.25) is 0 Å². The molecule has 0 aromatic heterocycles. The summed E-state index contributed by atoms with van der Waals surface area (Å²) in [6.45, 7) is 4.09. The second-order valence-corrected chi connectivity index (χ2v) is 4.41. The van der Waals surface area contributed by atoms with Gasteiger partial charge in [0.25, 0.3) is 0 Å². The molecule has 18 heavy (non-hydrogen) atoms. The molecule has 0 unspecified atom stereocenters. The molecule has 0 atom stereocenters. The molecule has 6 heteroatoms. The van der Waals surface area contributed by atoms with E-state index in [-0.39, 0.29) is 6.54 Å². The number of nitrogens with one attached hydrogen (secondary N) is 1. The number of anilines is 1. The summed E-state index contributed by atoms with van der Waals surface area (Å²) in [4.78, 5) is 0. The van der Waals surface area contributed by atoms with Crippen molar-refractivity contribution in [3.05, 3.63) is 29.1 Å². The highest BCUT2D eigenvalue weighted by molar-refractivity contribution is 5.47. The average molecular weight is 267 g/mol. The van der Waals surface area contributed by atoms with Crippen LogP contribution in [0, 0.1) is 35.0 Å². The van der Waals surface area contributed by atoms with Crippen LogP contribution in [0.15, 0.2) is 0 Å². The zero-order chi connectivity index (χ0) is 13.9. The van der Waals surface area contributed by atoms with E-state index in [2.05, 4.69) is 5.32 Å². The fourth-order valence-electron chi connectivity index (χ4n) is 1.48. The molecule has 1 N–H and O–H groups in total. The van der Waals surface area contributed by atoms with Crippen LogP contribution in [0.4, 0.5) is 27.6 Å². The van der Waals surface area contributed by atoms with Gasteiger partial charge < -0.3 is 5.32 Å². The largest absolute Gasteiger partial charge is 0.380 e. The van der Waals surface area contributed by atoms with Crippen LogP contribution < -0.4 is 5.32 Å². The summed E-state index contributed by atoms with van der Waals surface area (Å²) in [6.07, 6.45) is 1.37. The molecule has 0 radical (unpaired) electrons. The second kappa shape index (κ2) is 6.02. The molecule has 0 aliphatic rings. The summed E-state index contributed by atoms with van der Waals surface area (Å²) >= 11 is 0. The number of hydrogen-bond donors (Lipinski definition) is 1. The summed E-state index contributed by atoms with van der Waals surface area (Å²) in [5.74, 6) is -9.24. The summed E-state index contributed by atoms with van der Waals surface area (Å²) in [6, 6.07) is 0. The summed E-state index contributed by atoms with van der Waals surface area (Å²) in [5, 5.41) is 2.25. The predicted molar refractivity (Wildman–Crippen MR) is 58.8 cm³/mol. The van der Waals surface area contributed by atoms with Crippen molar-refractivity contribution in [2.75, 3.05) is 11.9 Å². The van der Waals surface area contributed by atoms with Crippen molar-refractivity contribution in [3.63, 3.8) is 0 Å². The summed E-state index contributed by atoms with van der Waals surface area (Å²) in [7, 11) is 0. The molecule has 0 saturated carbocycles. The number of rotatable bonds is 5. The van der Waals surface area contributed by atoms with Crippen LogP contribution in [-0.2, 0) is 0 Å². The molecule has 1 rings (SSSR count). The summed E-state index contributed by atoms with van der Waals surface area (Å²) in [5.41, 5.74) is -0.963. The molecular weight excluding hydrogens is 253 g/mol. The lowest BCUT2D eigenvalue weighted by atomic mass is 10.1. The van der Waals surface area contributed by atoms with Crippen molar-refractivity contribution < 1.29 is 22.0 Å². The highest BCUT2D eigenvalue weighted by Gasteiger charge is 2.25. The van der Waals surface area contributed by atoms with Crippen LogP contribution in [0.1, 0.15) is 26.7 Å². The predicted octanol–water partition coefficient (Wildman–Crippen LogP) is 4.23. The molecule has 102 valence electrons. The lowest BCUT2D eigenvalue weighted by Gasteiger charge is -2.11. The van der Waals surface area contributed by atoms with Crippen molar-refractivity contribution in [2.24, 2.45) is 5.92 Å². The van der Waals surface area contributed by atoms with E-state index in [0.717, 1.165) is 6.42 Å². The zero-order valence-corrected chi connectivity index (χ0v) is 10.1. The van der Waals surface area contributed by atoms with E-state index in [1.54, 1.807) is 0 Å². The van der Waals surface area contributed by atoms with Gasteiger partial charge in [0, 0.05) is 6.54 Å². The molecular formula is C12H14F5N. The Hall–Kier alpha value is -1.33. The van der Waals surface area contributed by atoms with Gasteiger partial charge in [-0.3, -0.25) is 0 Å². The minimum Gasteiger partial charge on any atom is -0.380 e. The smallest absolute Gasteiger partial charge is 0.200 e. The van der Waals surface area contributed by atoms with E-state index in [0.29, 0.717) is 12.3 Å². The third-order valence-corrected chi connectivity index (χ3v) is 2.47. The maximum absolute atomic E-state index is 13.2. The van der Waals surface area contributed by atoms with Gasteiger partial charge in [0.05, 0.1) is 0 Å². The number of halogens is 5. The van der Waals surface area contributed by atoms with Gasteiger partial charge in [-0.05, 0) is 18.8 Å². The monoisotopic (exact) mass is 267 g/mol. The minimum absolute atomic E-state index is 0.149. The quantitative estimate of drug-likeness (QED) is 0.364. The fraction of sp³-hybridized carbons (Fsp3) is 0.500. The Labute approximate surface area is 102 Å². The maximum Gasteiger partial charge on any atom is 0.200 e. The lowest BCUT2D eigenvalue weighted by Crippen LogP contribution is -2.11. The Balaban J connectivity index is 2.83. The van der Waals surface area contributed by atoms with Gasteiger partial charge in [-0.25, -0.2) is 22.0 Å². The molecule has 0 fully saturated rings. The molecule has 0 aliphatic carbocycles. The van der Waals surface area contributed by atoms with Crippen LogP contribution in [0.25, 0.3) is 0 Å². The third-order valence-electron chi connectivity index (χ3n) is 2.47. The van der Waals surface area contributed by atoms with Crippen molar-refractivity contribution in [3.8, 4) is 0 Å². The Morgan fingerprint density at radius 1 is 0.833 bits per heavy atom. The van der Waals surface area contributed by atoms with Crippen LogP contribution in [0.3, 0.4) is 0 Å². The van der Waals surface area contributed by atoms with E-state index in [1.807, 2.05) is 13.8 Å². The number of hydrogen-bond acceptors (Lipinski definition) is 1. The first-order valence-corrected chi connectivity index (χ1v) is 5.61. The zero-order valence-electron chi connectivity index (χ0n) is 10.1. The maximum atomic E-state index is 13.2. The Morgan fingerprint density at radius 3 is 1.72 bits per heavy atom. The fourth-order valence-corrected chi connectivity index (χ4v) is 1.48. The van der Waals surface area contributed by atoms with Gasteiger partial charge in [-0.2, -0.15) is 0 Å². The molecule has 0 aliphatic heterocycles. The van der Waals surface area contributed by atoms with Gasteiger partial charge in [0.15, 0.2) is 23.3 Å². The van der Waals surface area contributed by atoms with Crippen molar-refractivity contribution in [1.82, 2.24) is 0 Å². The molecule has 1 nitrogen and oxygen atoms in total. The molecule has 0 spiro atoms. The first-order valence-electron chi connectivity index (χ1n) is 5.61. The topological polar surface area (TPSA) is 12.0 Å².